The van der Waals surface area contributed by atoms with E-state index >= 15 is 0 Å². The fraction of sp³-hybridized carbons (Fsp3) is 0.889. The van der Waals surface area contributed by atoms with E-state index in [4.69, 9.17) is 9.47 Å². The average molecular weight is 482 g/mol. The van der Waals surface area contributed by atoms with Crippen LogP contribution in [-0.2, 0) is 9.47 Å². The number of guanidine groups is 1. The SMILES string of the molecule is CCOCCC1(CNC(=NC)NC2CN(C(=O)OC(C)(C)C)C2)CC1.I. The van der Waals surface area contributed by atoms with Gasteiger partial charge in [0, 0.05) is 39.9 Å². The van der Waals surface area contributed by atoms with Crippen molar-refractivity contribution in [1.82, 2.24) is 15.5 Å². The topological polar surface area (TPSA) is 75.2 Å². The Bertz CT molecular complexity index is 483. The Kier molecular flexibility index (Phi) is 8.92. The monoisotopic (exact) mass is 482 g/mol. The molecule has 0 aromatic heterocycles. The van der Waals surface area contributed by atoms with E-state index in [-0.39, 0.29) is 36.1 Å². The van der Waals surface area contributed by atoms with Crippen molar-refractivity contribution in [3.05, 3.63) is 0 Å². The lowest BCUT2D eigenvalue weighted by Crippen LogP contribution is -2.63. The highest BCUT2D eigenvalue weighted by atomic mass is 127. The molecule has 2 rings (SSSR count). The molecule has 0 radical (unpaired) electrons. The molecule has 1 saturated carbocycles. The lowest BCUT2D eigenvalue weighted by molar-refractivity contribution is 0.00701. The molecule has 7 nitrogen and oxygen atoms in total. The van der Waals surface area contributed by atoms with E-state index in [1.807, 2.05) is 27.7 Å². The molecule has 152 valence electrons. The molecular formula is C18H35IN4O3. The van der Waals surface area contributed by atoms with Crippen LogP contribution >= 0.6 is 24.0 Å². The molecule has 2 fully saturated rings. The minimum absolute atomic E-state index is 0. The number of carbonyl (C=O) groups is 1. The van der Waals surface area contributed by atoms with E-state index in [2.05, 4.69) is 15.6 Å². The van der Waals surface area contributed by atoms with Crippen LogP contribution in [0.5, 0.6) is 0 Å². The Morgan fingerprint density at radius 2 is 1.96 bits per heavy atom. The van der Waals surface area contributed by atoms with E-state index < -0.39 is 5.60 Å². The second-order valence-electron chi connectivity index (χ2n) is 8.10. The molecule has 8 heteroatoms. The normalized spacial score (nSPS) is 19.3. The summed E-state index contributed by atoms with van der Waals surface area (Å²) in [5.74, 6) is 0.802. The summed E-state index contributed by atoms with van der Waals surface area (Å²) < 4.78 is 10.8. The quantitative estimate of drug-likeness (QED) is 0.253. The van der Waals surface area contributed by atoms with Crippen molar-refractivity contribution in [1.29, 1.82) is 0 Å². The molecular weight excluding hydrogens is 447 g/mol. The van der Waals surface area contributed by atoms with Gasteiger partial charge in [-0.15, -0.1) is 24.0 Å². The Balaban J connectivity index is 0.00000338. The highest BCUT2D eigenvalue weighted by Crippen LogP contribution is 2.48. The van der Waals surface area contributed by atoms with Crippen LogP contribution in [0, 0.1) is 5.41 Å². The average Bonchev–Trinajstić information content (AvgIpc) is 3.24. The number of amides is 1. The first-order valence-electron chi connectivity index (χ1n) is 9.30. The zero-order valence-electron chi connectivity index (χ0n) is 16.8. The van der Waals surface area contributed by atoms with Gasteiger partial charge in [0.15, 0.2) is 5.96 Å². The third kappa shape index (κ3) is 7.46. The summed E-state index contributed by atoms with van der Waals surface area (Å²) in [6, 6.07) is 0.220. The number of carbonyl (C=O) groups excluding carboxylic acids is 1. The van der Waals surface area contributed by atoms with Gasteiger partial charge in [-0.1, -0.05) is 0 Å². The van der Waals surface area contributed by atoms with Crippen LogP contribution in [0.1, 0.15) is 47.0 Å². The van der Waals surface area contributed by atoms with E-state index in [1.165, 1.54) is 12.8 Å². The predicted molar refractivity (Wildman–Crippen MR) is 114 cm³/mol. The van der Waals surface area contributed by atoms with Crippen molar-refractivity contribution in [2.24, 2.45) is 10.4 Å². The van der Waals surface area contributed by atoms with Crippen molar-refractivity contribution in [2.45, 2.75) is 58.6 Å². The van der Waals surface area contributed by atoms with E-state index in [0.717, 1.165) is 32.1 Å². The Morgan fingerprint density at radius 1 is 1.31 bits per heavy atom. The number of hydrogen-bond donors (Lipinski definition) is 2. The van der Waals surface area contributed by atoms with Crippen molar-refractivity contribution in [3.63, 3.8) is 0 Å². The van der Waals surface area contributed by atoms with Crippen LogP contribution in [0.15, 0.2) is 4.99 Å². The van der Waals surface area contributed by atoms with Crippen LogP contribution in [0.2, 0.25) is 0 Å². The van der Waals surface area contributed by atoms with Gasteiger partial charge in [-0.25, -0.2) is 4.79 Å². The molecule has 0 unspecified atom stereocenters. The van der Waals surface area contributed by atoms with Crippen molar-refractivity contribution >= 4 is 36.0 Å². The van der Waals surface area contributed by atoms with Crippen LogP contribution in [0.4, 0.5) is 4.79 Å². The number of nitrogens with zero attached hydrogens (tertiary/aromatic N) is 2. The van der Waals surface area contributed by atoms with Crippen LogP contribution < -0.4 is 10.6 Å². The molecule has 2 N–H and O–H groups in total. The fourth-order valence-corrected chi connectivity index (χ4v) is 2.83. The summed E-state index contributed by atoms with van der Waals surface area (Å²) >= 11 is 0. The highest BCUT2D eigenvalue weighted by Gasteiger charge is 2.42. The third-order valence-corrected chi connectivity index (χ3v) is 4.67. The first kappa shape index (κ1) is 23.3. The maximum Gasteiger partial charge on any atom is 0.410 e. The van der Waals surface area contributed by atoms with Crippen LogP contribution in [0.3, 0.4) is 0 Å². The van der Waals surface area contributed by atoms with Crippen molar-refractivity contribution in [3.8, 4) is 0 Å². The minimum Gasteiger partial charge on any atom is -0.444 e. The molecule has 1 aliphatic heterocycles. The van der Waals surface area contributed by atoms with Gasteiger partial charge in [-0.05, 0) is 52.4 Å². The summed E-state index contributed by atoms with van der Waals surface area (Å²) in [7, 11) is 1.78. The molecule has 1 aliphatic carbocycles. The summed E-state index contributed by atoms with van der Waals surface area (Å²) in [6.45, 7) is 11.5. The molecule has 0 spiro atoms. The zero-order chi connectivity index (χ0) is 18.5. The molecule has 26 heavy (non-hydrogen) atoms. The van der Waals surface area contributed by atoms with Crippen LogP contribution in [0.25, 0.3) is 0 Å². The maximum absolute atomic E-state index is 12.0. The van der Waals surface area contributed by atoms with Gasteiger partial charge < -0.3 is 25.0 Å². The lowest BCUT2D eigenvalue weighted by atomic mass is 10.0. The molecule has 2 aliphatic rings. The van der Waals surface area contributed by atoms with Gasteiger partial charge in [0.25, 0.3) is 0 Å². The number of rotatable bonds is 7. The summed E-state index contributed by atoms with van der Waals surface area (Å²) in [5.41, 5.74) is -0.0811. The summed E-state index contributed by atoms with van der Waals surface area (Å²) in [4.78, 5) is 18.0. The standard InChI is InChI=1S/C18H34N4O3.HI/c1-6-24-10-9-18(7-8-18)13-20-15(19-5)21-14-11-22(12-14)16(23)25-17(2,3)4;/h14H,6-13H2,1-5H3,(H2,19,20,21);1H. The Labute approximate surface area is 174 Å². The molecule has 0 bridgehead atoms. The van der Waals surface area contributed by atoms with Gasteiger partial charge in [-0.3, -0.25) is 4.99 Å². The van der Waals surface area contributed by atoms with Crippen molar-refractivity contribution < 1.29 is 14.3 Å². The number of nitrogens with one attached hydrogen (secondary N) is 2. The molecule has 1 amide bonds. The second kappa shape index (κ2) is 9.96. The van der Waals surface area contributed by atoms with Crippen molar-refractivity contribution in [2.75, 3.05) is 39.9 Å². The minimum atomic E-state index is -0.451. The Morgan fingerprint density at radius 3 is 2.46 bits per heavy atom. The number of likely N-dealkylation sites (tertiary alicyclic amines) is 1. The van der Waals surface area contributed by atoms with Gasteiger partial charge in [0.2, 0.25) is 0 Å². The summed E-state index contributed by atoms with van der Waals surface area (Å²) in [6.07, 6.45) is 3.35. The van der Waals surface area contributed by atoms with E-state index in [1.54, 1.807) is 11.9 Å². The van der Waals surface area contributed by atoms with Gasteiger partial charge in [0.05, 0.1) is 6.04 Å². The molecule has 0 atom stereocenters. The highest BCUT2D eigenvalue weighted by molar-refractivity contribution is 14.0. The molecule has 1 heterocycles. The number of hydrogen-bond acceptors (Lipinski definition) is 4. The fourth-order valence-electron chi connectivity index (χ4n) is 2.83. The molecule has 0 aromatic carbocycles. The number of ether oxygens (including phenoxy) is 2. The summed E-state index contributed by atoms with van der Waals surface area (Å²) in [5, 5.41) is 6.81. The number of halogens is 1. The smallest absolute Gasteiger partial charge is 0.410 e. The van der Waals surface area contributed by atoms with Gasteiger partial charge in [0.1, 0.15) is 5.60 Å². The zero-order valence-corrected chi connectivity index (χ0v) is 19.1. The predicted octanol–water partition coefficient (Wildman–Crippen LogP) is 2.60. The second-order valence-corrected chi connectivity index (χ2v) is 8.10. The molecule has 1 saturated heterocycles. The first-order chi connectivity index (χ1) is 11.8. The van der Waals surface area contributed by atoms with Gasteiger partial charge in [-0.2, -0.15) is 0 Å². The third-order valence-electron chi connectivity index (χ3n) is 4.67. The van der Waals surface area contributed by atoms with Gasteiger partial charge >= 0.3 is 6.09 Å². The molecule has 0 aromatic rings. The van der Waals surface area contributed by atoms with E-state index in [9.17, 15) is 4.79 Å². The first-order valence-corrected chi connectivity index (χ1v) is 9.30. The lowest BCUT2D eigenvalue weighted by Gasteiger charge is -2.40. The van der Waals surface area contributed by atoms with E-state index in [0.29, 0.717) is 18.5 Å². The maximum atomic E-state index is 12.0. The Hall–Kier alpha value is -0.770. The number of aliphatic imine (C=N–C) groups is 1. The largest absolute Gasteiger partial charge is 0.444 e. The van der Waals surface area contributed by atoms with Crippen LogP contribution in [-0.4, -0.2) is 68.5 Å².